The summed E-state index contributed by atoms with van der Waals surface area (Å²) in [6.45, 7) is 1.35. The number of aliphatic hydroxyl groups excluding tert-OH is 3. The Kier molecular flexibility index (Phi) is 5.74. The molecule has 23 heavy (non-hydrogen) atoms. The lowest BCUT2D eigenvalue weighted by Gasteiger charge is -2.39. The van der Waals surface area contributed by atoms with Gasteiger partial charge in [0, 0.05) is 7.11 Å². The molecule has 5 atom stereocenters. The Labute approximate surface area is 134 Å². The van der Waals surface area contributed by atoms with Crippen molar-refractivity contribution in [3.8, 4) is 0 Å². The quantitative estimate of drug-likeness (QED) is 0.589. The highest BCUT2D eigenvalue weighted by Gasteiger charge is 2.44. The van der Waals surface area contributed by atoms with E-state index in [1.54, 1.807) is 12.1 Å². The average Bonchev–Trinajstić information content (AvgIpc) is 2.51. The predicted molar refractivity (Wildman–Crippen MR) is 78.0 cm³/mol. The molecule has 9 heteroatoms. The average molecular weight is 348 g/mol. The van der Waals surface area contributed by atoms with Crippen LogP contribution >= 0.6 is 0 Å². The molecule has 1 aliphatic rings. The number of methoxy groups -OCH3 is 1. The van der Waals surface area contributed by atoms with Gasteiger partial charge in [-0.3, -0.25) is 4.18 Å². The molecule has 0 bridgehead atoms. The number of rotatable bonds is 5. The molecule has 8 nitrogen and oxygen atoms in total. The van der Waals surface area contributed by atoms with Gasteiger partial charge < -0.3 is 24.8 Å². The Morgan fingerprint density at radius 3 is 2.30 bits per heavy atom. The first kappa shape index (κ1) is 18.3. The SMILES string of the molecule is CO[C@@H]1[C@H](O)[C@@H](O)[C@H](O)O[C@@H]1COS(=O)(=O)c1ccc(C)cc1. The van der Waals surface area contributed by atoms with Gasteiger partial charge in [0.05, 0.1) is 11.5 Å². The zero-order valence-electron chi connectivity index (χ0n) is 12.7. The molecule has 0 aliphatic carbocycles. The number of aryl methyl sites for hydroxylation is 1. The van der Waals surface area contributed by atoms with Crippen molar-refractivity contribution < 1.29 is 37.4 Å². The number of benzene rings is 1. The summed E-state index contributed by atoms with van der Waals surface area (Å²) in [4.78, 5) is -0.0194. The monoisotopic (exact) mass is 348 g/mol. The van der Waals surface area contributed by atoms with Crippen molar-refractivity contribution in [2.45, 2.75) is 42.5 Å². The van der Waals surface area contributed by atoms with Crippen molar-refractivity contribution in [1.29, 1.82) is 0 Å². The van der Waals surface area contributed by atoms with Crippen LogP contribution in [0.3, 0.4) is 0 Å². The Bertz CT molecular complexity index is 614. The Morgan fingerprint density at radius 2 is 1.74 bits per heavy atom. The summed E-state index contributed by atoms with van der Waals surface area (Å²) in [6, 6.07) is 6.09. The van der Waals surface area contributed by atoms with E-state index in [0.29, 0.717) is 0 Å². The fourth-order valence-electron chi connectivity index (χ4n) is 2.27. The Balaban J connectivity index is 2.07. The van der Waals surface area contributed by atoms with Crippen molar-refractivity contribution in [3.63, 3.8) is 0 Å². The van der Waals surface area contributed by atoms with E-state index in [0.717, 1.165) is 5.56 Å². The Morgan fingerprint density at radius 1 is 1.13 bits per heavy atom. The van der Waals surface area contributed by atoms with Gasteiger partial charge in [0.2, 0.25) is 0 Å². The summed E-state index contributed by atoms with van der Waals surface area (Å²) in [5, 5.41) is 28.9. The molecule has 3 N–H and O–H groups in total. The highest BCUT2D eigenvalue weighted by atomic mass is 32.2. The minimum Gasteiger partial charge on any atom is -0.387 e. The van der Waals surface area contributed by atoms with Crippen LogP contribution in [0.4, 0.5) is 0 Å². The van der Waals surface area contributed by atoms with Crippen LogP contribution in [0.25, 0.3) is 0 Å². The third-order valence-corrected chi connectivity index (χ3v) is 4.92. The summed E-state index contributed by atoms with van der Waals surface area (Å²) in [6.07, 6.45) is -6.74. The van der Waals surface area contributed by atoms with Crippen molar-refractivity contribution in [1.82, 2.24) is 0 Å². The molecule has 0 amide bonds. The van der Waals surface area contributed by atoms with Gasteiger partial charge in [-0.05, 0) is 19.1 Å². The molecule has 0 aromatic heterocycles. The van der Waals surface area contributed by atoms with Gasteiger partial charge in [0.25, 0.3) is 10.1 Å². The molecule has 0 saturated carbocycles. The second kappa shape index (κ2) is 7.22. The van der Waals surface area contributed by atoms with E-state index in [1.165, 1.54) is 19.2 Å². The van der Waals surface area contributed by atoms with Crippen molar-refractivity contribution in [2.24, 2.45) is 0 Å². The molecule has 0 spiro atoms. The highest BCUT2D eigenvalue weighted by molar-refractivity contribution is 7.86. The Hall–Kier alpha value is -1.07. The second-order valence-electron chi connectivity index (χ2n) is 5.30. The first-order chi connectivity index (χ1) is 10.8. The summed E-state index contributed by atoms with van der Waals surface area (Å²) in [5.41, 5.74) is 0.902. The lowest BCUT2D eigenvalue weighted by atomic mass is 9.99. The van der Waals surface area contributed by atoms with Crippen molar-refractivity contribution in [2.75, 3.05) is 13.7 Å². The van der Waals surface area contributed by atoms with Crippen LogP contribution in [0.5, 0.6) is 0 Å². The van der Waals surface area contributed by atoms with Gasteiger partial charge in [-0.2, -0.15) is 8.42 Å². The lowest BCUT2D eigenvalue weighted by Crippen LogP contribution is -2.59. The fourth-order valence-corrected chi connectivity index (χ4v) is 3.19. The van der Waals surface area contributed by atoms with Gasteiger partial charge in [0.15, 0.2) is 6.29 Å². The third kappa shape index (κ3) is 4.07. The van der Waals surface area contributed by atoms with Gasteiger partial charge in [-0.25, -0.2) is 0 Å². The van der Waals surface area contributed by atoms with Crippen LogP contribution in [-0.4, -0.2) is 68.2 Å². The van der Waals surface area contributed by atoms with Gasteiger partial charge in [-0.1, -0.05) is 17.7 Å². The number of hydrogen-bond acceptors (Lipinski definition) is 8. The third-order valence-electron chi connectivity index (χ3n) is 3.63. The van der Waals surface area contributed by atoms with E-state index in [2.05, 4.69) is 0 Å². The fraction of sp³-hybridized carbons (Fsp3) is 0.571. The molecule has 0 radical (unpaired) electrons. The van der Waals surface area contributed by atoms with Crippen LogP contribution in [0.15, 0.2) is 29.2 Å². The zero-order chi connectivity index (χ0) is 17.2. The van der Waals surface area contributed by atoms with E-state index in [-0.39, 0.29) is 4.90 Å². The summed E-state index contributed by atoms with van der Waals surface area (Å²) in [7, 11) is -2.75. The van der Waals surface area contributed by atoms with Crippen molar-refractivity contribution >= 4 is 10.1 Å². The lowest BCUT2D eigenvalue weighted by molar-refractivity contribution is -0.289. The van der Waals surface area contributed by atoms with Crippen LogP contribution in [0.1, 0.15) is 5.56 Å². The topological polar surface area (TPSA) is 123 Å². The highest BCUT2D eigenvalue weighted by Crippen LogP contribution is 2.23. The molecule has 1 saturated heterocycles. The van der Waals surface area contributed by atoms with Gasteiger partial charge in [-0.15, -0.1) is 0 Å². The van der Waals surface area contributed by atoms with Crippen LogP contribution in [-0.2, 0) is 23.8 Å². The van der Waals surface area contributed by atoms with Crippen LogP contribution in [0, 0.1) is 6.92 Å². The number of hydrogen-bond donors (Lipinski definition) is 3. The van der Waals surface area contributed by atoms with Crippen molar-refractivity contribution in [3.05, 3.63) is 29.8 Å². The molecule has 1 fully saturated rings. The molecule has 1 aromatic carbocycles. The number of ether oxygens (including phenoxy) is 2. The summed E-state index contributed by atoms with van der Waals surface area (Å²) < 4.78 is 39.2. The maximum atomic E-state index is 12.1. The predicted octanol–water partition coefficient (Wildman–Crippen LogP) is -0.846. The largest absolute Gasteiger partial charge is 0.387 e. The molecule has 2 rings (SSSR count). The first-order valence-electron chi connectivity index (χ1n) is 6.95. The van der Waals surface area contributed by atoms with E-state index >= 15 is 0 Å². The van der Waals surface area contributed by atoms with Crippen LogP contribution < -0.4 is 0 Å². The maximum absolute atomic E-state index is 12.1. The smallest absolute Gasteiger partial charge is 0.297 e. The molecule has 1 aromatic rings. The van der Waals surface area contributed by atoms with Crippen LogP contribution in [0.2, 0.25) is 0 Å². The zero-order valence-corrected chi connectivity index (χ0v) is 13.5. The maximum Gasteiger partial charge on any atom is 0.297 e. The standard InChI is InChI=1S/C14H20O8S/c1-8-3-5-9(6-4-8)23(18,19)21-7-10-13(20-2)11(15)12(16)14(17)22-10/h3-6,10-17H,7H2,1-2H3/t10-,11-,12-,13+,14-/m1/s1. The van der Waals surface area contributed by atoms with Gasteiger partial charge in [0.1, 0.15) is 24.4 Å². The molecular formula is C14H20O8S. The van der Waals surface area contributed by atoms with Gasteiger partial charge >= 0.3 is 0 Å². The molecule has 0 unspecified atom stereocenters. The van der Waals surface area contributed by atoms with E-state index in [9.17, 15) is 23.7 Å². The molecule has 130 valence electrons. The first-order valence-corrected chi connectivity index (χ1v) is 8.35. The molecule has 1 aliphatic heterocycles. The second-order valence-corrected chi connectivity index (χ2v) is 6.91. The molecule has 1 heterocycles. The number of aliphatic hydroxyl groups is 3. The molecular weight excluding hydrogens is 328 g/mol. The minimum atomic E-state index is -4.02. The normalized spacial score (nSPS) is 32.0. The summed E-state index contributed by atoms with van der Waals surface area (Å²) >= 11 is 0. The van der Waals surface area contributed by atoms with E-state index in [1.807, 2.05) is 6.92 Å². The minimum absolute atomic E-state index is 0.0194. The summed E-state index contributed by atoms with van der Waals surface area (Å²) in [5.74, 6) is 0. The van der Waals surface area contributed by atoms with E-state index < -0.39 is 47.4 Å². The van der Waals surface area contributed by atoms with E-state index in [4.69, 9.17) is 13.7 Å².